The second-order valence-corrected chi connectivity index (χ2v) is 9.56. The average Bonchev–Trinajstić information content (AvgIpc) is 2.97. The van der Waals surface area contributed by atoms with Gasteiger partial charge < -0.3 is 14.5 Å². The first kappa shape index (κ1) is 20.6. The van der Waals surface area contributed by atoms with Crippen molar-refractivity contribution >= 4 is 22.4 Å². The minimum Gasteiger partial charge on any atom is -0.444 e. The standard InChI is InChI=1S/C21H28FN3O2S/c1-13-12-25(20(26)27-21(4,5)6)14(2)11-24(13)19-18(23-15(3)28-19)16-7-9-17(22)10-8-16/h7-10,13-14H,11-12H2,1-6H3/t13-,14+/m1/s1. The lowest BCUT2D eigenvalue weighted by Gasteiger charge is -2.44. The highest BCUT2D eigenvalue weighted by atomic mass is 32.1. The van der Waals surface area contributed by atoms with E-state index in [2.05, 4.69) is 11.8 Å². The lowest BCUT2D eigenvalue weighted by Crippen LogP contribution is -2.58. The fourth-order valence-corrected chi connectivity index (χ4v) is 4.44. The normalized spacial score (nSPS) is 20.4. The van der Waals surface area contributed by atoms with E-state index < -0.39 is 5.60 Å². The average molecular weight is 406 g/mol. The Morgan fingerprint density at radius 2 is 1.82 bits per heavy atom. The van der Waals surface area contributed by atoms with Gasteiger partial charge in [-0.2, -0.15) is 0 Å². The molecule has 0 spiro atoms. The summed E-state index contributed by atoms with van der Waals surface area (Å²) in [6, 6.07) is 6.56. The molecule has 5 nitrogen and oxygen atoms in total. The maximum Gasteiger partial charge on any atom is 0.410 e. The van der Waals surface area contributed by atoms with Crippen LogP contribution < -0.4 is 4.90 Å². The number of carbonyl (C=O) groups is 1. The minimum atomic E-state index is -0.512. The lowest BCUT2D eigenvalue weighted by atomic mass is 10.1. The maximum absolute atomic E-state index is 13.3. The molecule has 0 aliphatic carbocycles. The van der Waals surface area contributed by atoms with Crippen molar-refractivity contribution in [3.8, 4) is 11.3 Å². The Bertz CT molecular complexity index is 844. The molecule has 0 N–H and O–H groups in total. The summed E-state index contributed by atoms with van der Waals surface area (Å²) in [5.41, 5.74) is 1.25. The molecule has 152 valence electrons. The van der Waals surface area contributed by atoms with Gasteiger partial charge in [0, 0.05) is 30.7 Å². The van der Waals surface area contributed by atoms with Gasteiger partial charge in [0.05, 0.1) is 5.01 Å². The molecule has 3 rings (SSSR count). The summed E-state index contributed by atoms with van der Waals surface area (Å²) in [6.45, 7) is 13.0. The molecule has 0 bridgehead atoms. The highest BCUT2D eigenvalue weighted by molar-refractivity contribution is 7.16. The van der Waals surface area contributed by atoms with Crippen molar-refractivity contribution in [1.82, 2.24) is 9.88 Å². The Hall–Kier alpha value is -2.15. The summed E-state index contributed by atoms with van der Waals surface area (Å²) in [7, 11) is 0. The van der Waals surface area contributed by atoms with Crippen LogP contribution >= 0.6 is 11.3 Å². The smallest absolute Gasteiger partial charge is 0.410 e. The molecule has 1 fully saturated rings. The van der Waals surface area contributed by atoms with Crippen LogP contribution in [0.5, 0.6) is 0 Å². The summed E-state index contributed by atoms with van der Waals surface area (Å²) >= 11 is 1.63. The van der Waals surface area contributed by atoms with Crippen molar-refractivity contribution in [3.05, 3.63) is 35.1 Å². The third-order valence-electron chi connectivity index (χ3n) is 4.71. The second-order valence-electron chi connectivity index (χ2n) is 8.38. The van der Waals surface area contributed by atoms with Gasteiger partial charge in [0.2, 0.25) is 0 Å². The number of carbonyl (C=O) groups excluding carboxylic acids is 1. The Morgan fingerprint density at radius 3 is 2.43 bits per heavy atom. The number of aryl methyl sites for hydroxylation is 1. The summed E-state index contributed by atoms with van der Waals surface area (Å²) in [6.07, 6.45) is -0.272. The summed E-state index contributed by atoms with van der Waals surface area (Å²) < 4.78 is 18.9. The second kappa shape index (κ2) is 7.70. The zero-order chi connectivity index (χ0) is 20.6. The molecule has 2 atom stereocenters. The Morgan fingerprint density at radius 1 is 1.18 bits per heavy atom. The first-order valence-electron chi connectivity index (χ1n) is 9.55. The van der Waals surface area contributed by atoms with E-state index in [1.807, 2.05) is 34.6 Å². The minimum absolute atomic E-state index is 0.00882. The molecular weight excluding hydrogens is 377 g/mol. The number of amides is 1. The van der Waals surface area contributed by atoms with Crippen LogP contribution in [0.2, 0.25) is 0 Å². The van der Waals surface area contributed by atoms with Crippen LogP contribution in [0.1, 0.15) is 39.6 Å². The van der Waals surface area contributed by atoms with Crippen LogP contribution in [-0.4, -0.2) is 46.8 Å². The first-order chi connectivity index (χ1) is 13.0. The molecular formula is C21H28FN3O2S. The topological polar surface area (TPSA) is 45.7 Å². The number of thiazole rings is 1. The SMILES string of the molecule is Cc1nc(-c2ccc(F)cc2)c(N2C[C@H](C)N(C(=O)OC(C)(C)C)C[C@H]2C)s1. The molecule has 7 heteroatoms. The van der Waals surface area contributed by atoms with Crippen molar-refractivity contribution < 1.29 is 13.9 Å². The first-order valence-corrected chi connectivity index (χ1v) is 10.4. The Balaban J connectivity index is 1.85. The highest BCUT2D eigenvalue weighted by Crippen LogP contribution is 2.38. The molecule has 1 amide bonds. The molecule has 0 unspecified atom stereocenters. The van der Waals surface area contributed by atoms with Gasteiger partial charge in [-0.05, 0) is 65.8 Å². The Labute approximate surface area is 170 Å². The number of nitrogens with zero attached hydrogens (tertiary/aromatic N) is 3. The number of aromatic nitrogens is 1. The van der Waals surface area contributed by atoms with Gasteiger partial charge in [-0.15, -0.1) is 11.3 Å². The van der Waals surface area contributed by atoms with Gasteiger partial charge in [0.25, 0.3) is 0 Å². The number of anilines is 1. The van der Waals surface area contributed by atoms with Crippen molar-refractivity contribution in [3.63, 3.8) is 0 Å². The van der Waals surface area contributed by atoms with E-state index in [0.29, 0.717) is 13.1 Å². The van der Waals surface area contributed by atoms with E-state index in [1.165, 1.54) is 12.1 Å². The maximum atomic E-state index is 13.3. The summed E-state index contributed by atoms with van der Waals surface area (Å²) in [5, 5.41) is 2.02. The molecule has 2 heterocycles. The van der Waals surface area contributed by atoms with Crippen LogP contribution in [0.15, 0.2) is 24.3 Å². The molecule has 1 aliphatic heterocycles. The number of rotatable bonds is 2. The van der Waals surface area contributed by atoms with E-state index >= 15 is 0 Å². The number of hydrogen-bond donors (Lipinski definition) is 0. The molecule has 1 aliphatic rings. The van der Waals surface area contributed by atoms with Gasteiger partial charge in [0.15, 0.2) is 0 Å². The fraction of sp³-hybridized carbons (Fsp3) is 0.524. The molecule has 28 heavy (non-hydrogen) atoms. The van der Waals surface area contributed by atoms with Crippen LogP contribution in [0.3, 0.4) is 0 Å². The van der Waals surface area contributed by atoms with Gasteiger partial charge in [-0.1, -0.05) is 0 Å². The molecule has 1 saturated heterocycles. The zero-order valence-electron chi connectivity index (χ0n) is 17.3. The monoisotopic (exact) mass is 405 g/mol. The molecule has 1 aromatic carbocycles. The van der Waals surface area contributed by atoms with Crippen molar-refractivity contribution in [2.75, 3.05) is 18.0 Å². The number of benzene rings is 1. The van der Waals surface area contributed by atoms with Crippen LogP contribution in [-0.2, 0) is 4.74 Å². The molecule has 2 aromatic rings. The van der Waals surface area contributed by atoms with Crippen LogP contribution in [0.25, 0.3) is 11.3 Å². The third kappa shape index (κ3) is 4.46. The number of hydrogen-bond acceptors (Lipinski definition) is 5. The molecule has 0 radical (unpaired) electrons. The lowest BCUT2D eigenvalue weighted by molar-refractivity contribution is 0.0131. The number of piperazine rings is 1. The molecule has 0 saturated carbocycles. The predicted molar refractivity (Wildman–Crippen MR) is 111 cm³/mol. The van der Waals surface area contributed by atoms with E-state index in [-0.39, 0.29) is 24.0 Å². The predicted octanol–water partition coefficient (Wildman–Crippen LogP) is 5.09. The van der Waals surface area contributed by atoms with E-state index in [9.17, 15) is 9.18 Å². The van der Waals surface area contributed by atoms with Crippen molar-refractivity contribution in [2.45, 2.75) is 59.2 Å². The van der Waals surface area contributed by atoms with Crippen LogP contribution in [0.4, 0.5) is 14.2 Å². The number of ether oxygens (including phenoxy) is 1. The van der Waals surface area contributed by atoms with Crippen molar-refractivity contribution in [2.24, 2.45) is 0 Å². The summed E-state index contributed by atoms with van der Waals surface area (Å²) in [5.74, 6) is -0.259. The largest absolute Gasteiger partial charge is 0.444 e. The van der Waals surface area contributed by atoms with Gasteiger partial charge in [-0.25, -0.2) is 14.2 Å². The van der Waals surface area contributed by atoms with Gasteiger partial charge in [-0.3, -0.25) is 0 Å². The quantitative estimate of drug-likeness (QED) is 0.698. The van der Waals surface area contributed by atoms with E-state index in [0.717, 1.165) is 21.3 Å². The van der Waals surface area contributed by atoms with Gasteiger partial charge in [0.1, 0.15) is 22.1 Å². The zero-order valence-corrected chi connectivity index (χ0v) is 18.1. The van der Waals surface area contributed by atoms with Crippen molar-refractivity contribution in [1.29, 1.82) is 0 Å². The van der Waals surface area contributed by atoms with Gasteiger partial charge >= 0.3 is 6.09 Å². The highest BCUT2D eigenvalue weighted by Gasteiger charge is 2.36. The Kier molecular flexibility index (Phi) is 5.66. The number of halogens is 1. The fourth-order valence-electron chi connectivity index (χ4n) is 3.39. The third-order valence-corrected chi connectivity index (χ3v) is 5.72. The summed E-state index contributed by atoms with van der Waals surface area (Å²) in [4.78, 5) is 21.4. The van der Waals surface area contributed by atoms with Crippen LogP contribution in [0, 0.1) is 12.7 Å². The van der Waals surface area contributed by atoms with E-state index in [1.54, 1.807) is 28.4 Å². The van der Waals surface area contributed by atoms with E-state index in [4.69, 9.17) is 9.72 Å². The molecule has 1 aromatic heterocycles.